The van der Waals surface area contributed by atoms with Crippen molar-refractivity contribution in [2.75, 3.05) is 39.9 Å². The van der Waals surface area contributed by atoms with Gasteiger partial charge in [0.15, 0.2) is 0 Å². The number of hydrogen-bond donors (Lipinski definition) is 0. The Labute approximate surface area is 117 Å². The van der Waals surface area contributed by atoms with E-state index in [1.54, 1.807) is 0 Å². The molecule has 0 aromatic rings. The largest absolute Gasteiger partial charge is 0.372 e. The zero-order valence-corrected chi connectivity index (χ0v) is 12.4. The van der Waals surface area contributed by atoms with Crippen molar-refractivity contribution >= 4 is 5.91 Å². The molecule has 0 unspecified atom stereocenters. The summed E-state index contributed by atoms with van der Waals surface area (Å²) in [6, 6.07) is 0.465. The molecule has 2 atom stereocenters. The number of carbonyl (C=O) groups excluding carboxylic acids is 1. The molecule has 2 saturated heterocycles. The lowest BCUT2D eigenvalue weighted by Crippen LogP contribution is -2.55. The van der Waals surface area contributed by atoms with E-state index in [2.05, 4.69) is 23.8 Å². The number of carbonyl (C=O) groups is 1. The highest BCUT2D eigenvalue weighted by atomic mass is 16.5. The van der Waals surface area contributed by atoms with Gasteiger partial charge in [0.05, 0.1) is 0 Å². The average molecular weight is 268 g/mol. The molecule has 2 rings (SSSR count). The molecule has 4 heteroatoms. The van der Waals surface area contributed by atoms with Crippen molar-refractivity contribution < 1.29 is 9.53 Å². The first-order valence-corrected chi connectivity index (χ1v) is 7.78. The smallest absolute Gasteiger partial charge is 0.248 e. The van der Waals surface area contributed by atoms with Gasteiger partial charge >= 0.3 is 0 Å². The number of rotatable bonds is 5. The number of unbranched alkanes of at least 4 members (excludes halogenated alkanes) is 1. The Hall–Kier alpha value is -0.610. The molecule has 110 valence electrons. The maximum absolute atomic E-state index is 12.3. The van der Waals surface area contributed by atoms with Crippen molar-refractivity contribution in [3.8, 4) is 0 Å². The van der Waals surface area contributed by atoms with E-state index in [-0.39, 0.29) is 12.5 Å². The Morgan fingerprint density at radius 1 is 1.32 bits per heavy atom. The summed E-state index contributed by atoms with van der Waals surface area (Å²) in [6.07, 6.45) is 5.71. The fourth-order valence-electron chi connectivity index (χ4n) is 3.38. The molecular weight excluding hydrogens is 240 g/mol. The fraction of sp³-hybridized carbons (Fsp3) is 0.933. The van der Waals surface area contributed by atoms with Gasteiger partial charge in [0.1, 0.15) is 6.61 Å². The Morgan fingerprint density at radius 3 is 2.95 bits per heavy atom. The summed E-state index contributed by atoms with van der Waals surface area (Å²) in [6.45, 7) is 6.32. The summed E-state index contributed by atoms with van der Waals surface area (Å²) in [5.41, 5.74) is 0. The molecule has 19 heavy (non-hydrogen) atoms. The Balaban J connectivity index is 1.82. The molecule has 2 heterocycles. The van der Waals surface area contributed by atoms with Gasteiger partial charge in [-0.2, -0.15) is 0 Å². The topological polar surface area (TPSA) is 32.8 Å². The summed E-state index contributed by atoms with van der Waals surface area (Å²) >= 11 is 0. The first-order valence-electron chi connectivity index (χ1n) is 7.78. The van der Waals surface area contributed by atoms with E-state index in [1.165, 1.54) is 6.42 Å². The van der Waals surface area contributed by atoms with E-state index >= 15 is 0 Å². The number of nitrogens with zero attached hydrogens (tertiary/aromatic N) is 2. The molecule has 4 nitrogen and oxygen atoms in total. The standard InChI is InChI=1S/C15H28N2O2/c1-3-4-10-19-12-15(18)17-8-5-6-13-11-16(2)9-7-14(13)17/h13-14H,3-12H2,1-2H3/t13-,14+/m0/s1. The van der Waals surface area contributed by atoms with Crippen LogP contribution >= 0.6 is 0 Å². The lowest BCUT2D eigenvalue weighted by atomic mass is 9.84. The average Bonchev–Trinajstić information content (AvgIpc) is 2.42. The number of piperidine rings is 2. The Morgan fingerprint density at radius 2 is 2.16 bits per heavy atom. The monoisotopic (exact) mass is 268 g/mol. The van der Waals surface area contributed by atoms with Gasteiger partial charge in [0.2, 0.25) is 5.91 Å². The number of hydrogen-bond acceptors (Lipinski definition) is 3. The second-order valence-corrected chi connectivity index (χ2v) is 6.01. The molecule has 2 fully saturated rings. The lowest BCUT2D eigenvalue weighted by molar-refractivity contribution is -0.143. The van der Waals surface area contributed by atoms with Crippen LogP contribution in [0.2, 0.25) is 0 Å². The summed E-state index contributed by atoms with van der Waals surface area (Å²) in [7, 11) is 2.19. The van der Waals surface area contributed by atoms with Crippen LogP contribution in [0.3, 0.4) is 0 Å². The van der Waals surface area contributed by atoms with Gasteiger partial charge in [-0.1, -0.05) is 13.3 Å². The van der Waals surface area contributed by atoms with Crippen molar-refractivity contribution in [2.24, 2.45) is 5.92 Å². The molecule has 0 radical (unpaired) electrons. The van der Waals surface area contributed by atoms with E-state index in [9.17, 15) is 4.79 Å². The minimum Gasteiger partial charge on any atom is -0.372 e. The van der Waals surface area contributed by atoms with Crippen molar-refractivity contribution in [3.05, 3.63) is 0 Å². The van der Waals surface area contributed by atoms with E-state index in [0.717, 1.165) is 45.3 Å². The molecule has 0 bridgehead atoms. The molecule has 0 aromatic carbocycles. The van der Waals surface area contributed by atoms with E-state index in [4.69, 9.17) is 4.74 Å². The zero-order chi connectivity index (χ0) is 13.7. The highest BCUT2D eigenvalue weighted by Gasteiger charge is 2.36. The van der Waals surface area contributed by atoms with Gasteiger partial charge < -0.3 is 14.5 Å². The van der Waals surface area contributed by atoms with Gasteiger partial charge in [0, 0.05) is 25.7 Å². The van der Waals surface area contributed by atoms with Crippen LogP contribution in [0.4, 0.5) is 0 Å². The van der Waals surface area contributed by atoms with Crippen LogP contribution in [0.15, 0.2) is 0 Å². The van der Waals surface area contributed by atoms with Crippen molar-refractivity contribution in [3.63, 3.8) is 0 Å². The molecule has 0 spiro atoms. The third-order valence-electron chi connectivity index (χ3n) is 4.46. The second kappa shape index (κ2) is 7.25. The third kappa shape index (κ3) is 3.93. The quantitative estimate of drug-likeness (QED) is 0.712. The van der Waals surface area contributed by atoms with E-state index in [1.807, 2.05) is 0 Å². The van der Waals surface area contributed by atoms with Gasteiger partial charge in [-0.3, -0.25) is 4.79 Å². The molecule has 2 aliphatic rings. The first kappa shape index (κ1) is 14.8. The van der Waals surface area contributed by atoms with Crippen LogP contribution in [0, 0.1) is 5.92 Å². The van der Waals surface area contributed by atoms with Crippen LogP contribution < -0.4 is 0 Å². The van der Waals surface area contributed by atoms with Crippen LogP contribution in [0.5, 0.6) is 0 Å². The summed E-state index contributed by atoms with van der Waals surface area (Å²) in [4.78, 5) is 16.8. The molecule has 0 N–H and O–H groups in total. The maximum atomic E-state index is 12.3. The highest BCUT2D eigenvalue weighted by molar-refractivity contribution is 5.78. The van der Waals surface area contributed by atoms with Crippen molar-refractivity contribution in [1.29, 1.82) is 0 Å². The van der Waals surface area contributed by atoms with E-state index in [0.29, 0.717) is 18.6 Å². The normalized spacial score (nSPS) is 28.2. The minimum atomic E-state index is 0.204. The molecule has 0 aromatic heterocycles. The first-order chi connectivity index (χ1) is 9.22. The third-order valence-corrected chi connectivity index (χ3v) is 4.46. The molecule has 0 aliphatic carbocycles. The molecule has 1 amide bonds. The predicted octanol–water partition coefficient (Wildman–Crippen LogP) is 1.75. The molecule has 2 aliphatic heterocycles. The molecular formula is C15H28N2O2. The van der Waals surface area contributed by atoms with Gasteiger partial charge in [-0.15, -0.1) is 0 Å². The zero-order valence-electron chi connectivity index (χ0n) is 12.4. The van der Waals surface area contributed by atoms with Gasteiger partial charge in [0.25, 0.3) is 0 Å². The fourth-order valence-corrected chi connectivity index (χ4v) is 3.38. The predicted molar refractivity (Wildman–Crippen MR) is 76.1 cm³/mol. The lowest BCUT2D eigenvalue weighted by Gasteiger charge is -2.46. The number of ether oxygens (including phenoxy) is 1. The molecule has 0 saturated carbocycles. The summed E-state index contributed by atoms with van der Waals surface area (Å²) in [5.74, 6) is 0.877. The van der Waals surface area contributed by atoms with Crippen LogP contribution in [0.1, 0.15) is 39.0 Å². The highest BCUT2D eigenvalue weighted by Crippen LogP contribution is 2.30. The Bertz CT molecular complexity index is 296. The second-order valence-electron chi connectivity index (χ2n) is 6.01. The maximum Gasteiger partial charge on any atom is 0.248 e. The van der Waals surface area contributed by atoms with Crippen LogP contribution in [-0.4, -0.2) is 61.6 Å². The van der Waals surface area contributed by atoms with E-state index < -0.39 is 0 Å². The van der Waals surface area contributed by atoms with Crippen molar-refractivity contribution in [1.82, 2.24) is 9.80 Å². The summed E-state index contributed by atoms with van der Waals surface area (Å²) < 4.78 is 5.49. The summed E-state index contributed by atoms with van der Waals surface area (Å²) in [5, 5.41) is 0. The van der Waals surface area contributed by atoms with Crippen LogP contribution in [-0.2, 0) is 9.53 Å². The van der Waals surface area contributed by atoms with Gasteiger partial charge in [-0.25, -0.2) is 0 Å². The Kier molecular flexibility index (Phi) is 5.64. The van der Waals surface area contributed by atoms with Gasteiger partial charge in [-0.05, 0) is 45.2 Å². The van der Waals surface area contributed by atoms with Crippen molar-refractivity contribution in [2.45, 2.75) is 45.1 Å². The number of likely N-dealkylation sites (tertiary alicyclic amines) is 2. The number of amides is 1. The van der Waals surface area contributed by atoms with Crippen LogP contribution in [0.25, 0.3) is 0 Å². The SMILES string of the molecule is CCCCOCC(=O)N1CCC[C@H]2CN(C)CC[C@H]21. The minimum absolute atomic E-state index is 0.204. The number of fused-ring (bicyclic) bond motifs is 1.